The summed E-state index contributed by atoms with van der Waals surface area (Å²) in [5.74, 6) is 0. The second-order valence-corrected chi connectivity index (χ2v) is 1.15. The molecule has 0 aromatic heterocycles. The van der Waals surface area contributed by atoms with Crippen LogP contribution in [-0.2, 0) is 38.9 Å². The molecule has 0 radical (unpaired) electrons. The molecule has 0 bridgehead atoms. The summed E-state index contributed by atoms with van der Waals surface area (Å²) < 4.78 is 0. The molecule has 6 nitrogen and oxygen atoms in total. The Morgan fingerprint density at radius 3 is 0.714 bits per heavy atom. The van der Waals surface area contributed by atoms with Crippen molar-refractivity contribution in [1.29, 1.82) is 10.5 Å². The summed E-state index contributed by atoms with van der Waals surface area (Å²) >= 11 is 0. The third-order valence-electron chi connectivity index (χ3n) is 0.333. The van der Waals surface area contributed by atoms with E-state index in [4.69, 9.17) is 46.6 Å². The quantitative estimate of drug-likeness (QED) is 0.295. The summed E-state index contributed by atoms with van der Waals surface area (Å²) in [6.45, 7) is 11.9. The van der Waals surface area contributed by atoms with Gasteiger partial charge in [0.05, 0.1) is 0 Å². The number of nitrogens with two attached hydrogens (primary N) is 4. The zero-order valence-corrected chi connectivity index (χ0v) is 10.8. The Kier molecular flexibility index (Phi) is 304. The third-order valence-corrected chi connectivity index (χ3v) is 0.333. The molecule has 8 N–H and O–H groups in total. The number of rotatable bonds is 2. The molecule has 0 aliphatic carbocycles. The summed E-state index contributed by atoms with van der Waals surface area (Å²) in [7, 11) is 0. The number of hydrogen-bond donors (Lipinski definition) is 4. The molecular formula is C6H16AuN6Ni+. The van der Waals surface area contributed by atoms with E-state index < -0.39 is 0 Å². The van der Waals surface area contributed by atoms with Crippen LogP contribution < -0.4 is 22.9 Å². The van der Waals surface area contributed by atoms with Crippen molar-refractivity contribution in [1.82, 2.24) is 0 Å². The van der Waals surface area contributed by atoms with Crippen molar-refractivity contribution in [3.63, 3.8) is 0 Å². The Morgan fingerprint density at radius 2 is 0.714 bits per heavy atom. The maximum absolute atomic E-state index is 6.25. The van der Waals surface area contributed by atoms with E-state index in [0.29, 0.717) is 26.2 Å². The van der Waals surface area contributed by atoms with Gasteiger partial charge in [0.1, 0.15) is 0 Å². The molecule has 0 amide bonds. The molecule has 0 aromatic rings. The third kappa shape index (κ3) is 349. The summed E-state index contributed by atoms with van der Waals surface area (Å²) in [4.78, 5) is 0. The maximum Gasteiger partial charge on any atom is 2.00 e. The monoisotopic (exact) mass is 427 g/mol. The van der Waals surface area contributed by atoms with Crippen molar-refractivity contribution in [3.05, 3.63) is 13.1 Å². The molecule has 90 valence electrons. The molecule has 0 unspecified atom stereocenters. The van der Waals surface area contributed by atoms with Gasteiger partial charge in [0.2, 0.25) is 0 Å². The summed E-state index contributed by atoms with van der Waals surface area (Å²) in [6, 6.07) is 0. The molecule has 8 heteroatoms. The first-order valence-electron chi connectivity index (χ1n) is 3.08. The molecule has 0 saturated heterocycles. The van der Waals surface area contributed by atoms with Crippen LogP contribution in [0.4, 0.5) is 0 Å². The van der Waals surface area contributed by atoms with Crippen molar-refractivity contribution in [2.45, 2.75) is 0 Å². The van der Waals surface area contributed by atoms with Crippen LogP contribution in [0.3, 0.4) is 0 Å². The van der Waals surface area contributed by atoms with E-state index in [-0.39, 0.29) is 38.9 Å². The molecular weight excluding hydrogens is 412 g/mol. The van der Waals surface area contributed by atoms with Gasteiger partial charge in [-0.1, -0.05) is 0 Å². The maximum atomic E-state index is 6.25. The van der Waals surface area contributed by atoms with Crippen molar-refractivity contribution in [3.8, 4) is 0 Å². The average molecular weight is 428 g/mol. The fourth-order valence-electron chi connectivity index (χ4n) is 0. The molecule has 0 aliphatic rings. The molecule has 0 heterocycles. The van der Waals surface area contributed by atoms with Gasteiger partial charge in [-0.15, -0.1) is 0 Å². The molecule has 0 aromatic carbocycles. The van der Waals surface area contributed by atoms with Crippen molar-refractivity contribution < 1.29 is 38.9 Å². The van der Waals surface area contributed by atoms with Crippen LogP contribution in [0.2, 0.25) is 0 Å². The van der Waals surface area contributed by atoms with E-state index in [9.17, 15) is 0 Å². The van der Waals surface area contributed by atoms with Crippen molar-refractivity contribution >= 4 is 0 Å². The summed E-state index contributed by atoms with van der Waals surface area (Å²) in [6.07, 6.45) is 0. The average Bonchev–Trinajstić information content (AvgIpc) is 2.23. The van der Waals surface area contributed by atoms with Gasteiger partial charge in [-0.25, -0.2) is 0 Å². The SMILES string of the molecule is NCCN.NCCN.[Au+].[C-]#N.[C-]#N.[Ni+2]. The van der Waals surface area contributed by atoms with Gasteiger partial charge in [0.15, 0.2) is 0 Å². The van der Waals surface area contributed by atoms with Crippen LogP contribution in [0.1, 0.15) is 0 Å². The zero-order chi connectivity index (χ0) is 10.8. The van der Waals surface area contributed by atoms with Crippen LogP contribution in [0.5, 0.6) is 0 Å². The molecule has 0 aliphatic heterocycles. The van der Waals surface area contributed by atoms with Gasteiger partial charge in [0.25, 0.3) is 0 Å². The molecule has 0 fully saturated rings. The van der Waals surface area contributed by atoms with E-state index in [1.54, 1.807) is 0 Å². The second-order valence-electron chi connectivity index (χ2n) is 1.15. The predicted molar refractivity (Wildman–Crippen MR) is 46.2 cm³/mol. The smallest absolute Gasteiger partial charge is 0.512 e. The molecule has 0 atom stereocenters. The minimum Gasteiger partial charge on any atom is -0.512 e. The molecule has 0 rings (SSSR count). The van der Waals surface area contributed by atoms with Crippen LogP contribution >= 0.6 is 0 Å². The van der Waals surface area contributed by atoms with Crippen LogP contribution in [0.25, 0.3) is 0 Å². The number of hydrogen-bond acceptors (Lipinski definition) is 6. The minimum atomic E-state index is 0. The minimum absolute atomic E-state index is 0. The van der Waals surface area contributed by atoms with E-state index in [2.05, 4.69) is 0 Å². The van der Waals surface area contributed by atoms with E-state index in [1.807, 2.05) is 0 Å². The Labute approximate surface area is 111 Å². The van der Waals surface area contributed by atoms with Crippen LogP contribution in [0, 0.1) is 23.7 Å². The molecule has 14 heavy (non-hydrogen) atoms. The van der Waals surface area contributed by atoms with E-state index >= 15 is 0 Å². The first-order chi connectivity index (χ1) is 5.83. The Hall–Kier alpha value is 0.0538. The van der Waals surface area contributed by atoms with Gasteiger partial charge in [-0.2, -0.15) is 0 Å². The Bertz CT molecular complexity index is 65.2. The fourth-order valence-corrected chi connectivity index (χ4v) is 0. The summed E-state index contributed by atoms with van der Waals surface area (Å²) in [5.41, 5.74) is 19.6. The number of nitrogens with zero attached hydrogens (tertiary/aromatic N) is 2. The summed E-state index contributed by atoms with van der Waals surface area (Å²) in [5, 5.41) is 12.5. The topological polar surface area (TPSA) is 152 Å². The van der Waals surface area contributed by atoms with Gasteiger partial charge >= 0.3 is 38.9 Å². The van der Waals surface area contributed by atoms with Crippen LogP contribution in [-0.4, -0.2) is 26.2 Å². The largest absolute Gasteiger partial charge is 2.00 e. The second kappa shape index (κ2) is 115. The van der Waals surface area contributed by atoms with E-state index in [1.165, 1.54) is 0 Å². The van der Waals surface area contributed by atoms with E-state index in [0.717, 1.165) is 0 Å². The molecule has 0 saturated carbocycles. The normalized spacial score (nSPS) is 4.57. The van der Waals surface area contributed by atoms with Gasteiger partial charge in [0, 0.05) is 26.2 Å². The first-order valence-corrected chi connectivity index (χ1v) is 3.08. The predicted octanol–water partition coefficient (Wildman–Crippen LogP) is -2.00. The Morgan fingerprint density at radius 1 is 0.643 bits per heavy atom. The van der Waals surface area contributed by atoms with Crippen molar-refractivity contribution in [2.24, 2.45) is 22.9 Å². The Balaban J connectivity index is -0.0000000153. The van der Waals surface area contributed by atoms with Crippen LogP contribution in [0.15, 0.2) is 0 Å². The van der Waals surface area contributed by atoms with Gasteiger partial charge < -0.3 is 46.6 Å². The zero-order valence-electron chi connectivity index (χ0n) is 7.65. The van der Waals surface area contributed by atoms with Gasteiger partial charge in [-0.05, 0) is 0 Å². The standard InChI is InChI=1S/2C2H8N2.2CN.Au.Ni/c2*3-1-2-4;2*1-2;;/h2*1-4H2;;;;/q;;2*-1;+1;+2. The van der Waals surface area contributed by atoms with Gasteiger partial charge in [-0.3, -0.25) is 0 Å². The molecule has 0 spiro atoms. The fraction of sp³-hybridized carbons (Fsp3) is 0.667. The van der Waals surface area contributed by atoms with Crippen molar-refractivity contribution in [2.75, 3.05) is 26.2 Å². The first kappa shape index (κ1) is 36.9.